The van der Waals surface area contributed by atoms with E-state index >= 15 is 0 Å². The fourth-order valence-electron chi connectivity index (χ4n) is 0. The molecule has 0 aliphatic carbocycles. The molecule has 0 saturated heterocycles. The third-order valence-corrected chi connectivity index (χ3v) is 0. The van der Waals surface area contributed by atoms with Gasteiger partial charge in [-0.05, 0) is 0 Å². The Labute approximate surface area is 52.0 Å². The van der Waals surface area contributed by atoms with Crippen LogP contribution in [0, 0.1) is 0 Å². The van der Waals surface area contributed by atoms with Gasteiger partial charge in [0.15, 0.2) is 0 Å². The second-order valence-corrected chi connectivity index (χ2v) is 0. The number of halogens is 1. The van der Waals surface area contributed by atoms with Crippen molar-refractivity contribution in [3.63, 3.8) is 0 Å². The van der Waals surface area contributed by atoms with Gasteiger partial charge in [0.1, 0.15) is 0 Å². The molecule has 0 aromatic rings. The van der Waals surface area contributed by atoms with Gasteiger partial charge >= 0.3 is 17.1 Å². The fourth-order valence-corrected chi connectivity index (χ4v) is 0. The SMILES string of the molecule is O.O.O.O.[Cl-].[Mn+2]. The van der Waals surface area contributed by atoms with Crippen LogP contribution < -0.4 is 12.4 Å². The molecule has 0 aliphatic rings. The van der Waals surface area contributed by atoms with Gasteiger partial charge in [0, 0.05) is 0 Å². The van der Waals surface area contributed by atoms with Crippen LogP contribution in [-0.4, -0.2) is 21.9 Å². The fraction of sp³-hybridized carbons (Fsp3) is 0. The molecule has 0 bridgehead atoms. The van der Waals surface area contributed by atoms with Gasteiger partial charge in [0.2, 0.25) is 0 Å². The van der Waals surface area contributed by atoms with Crippen LogP contribution >= 0.6 is 0 Å². The molecule has 0 saturated carbocycles. The number of hydrogen-bond donors (Lipinski definition) is 0. The topological polar surface area (TPSA) is 126 Å². The van der Waals surface area contributed by atoms with Gasteiger partial charge in [0.05, 0.1) is 0 Å². The third kappa shape index (κ3) is 147. The molecule has 6 heavy (non-hydrogen) atoms. The normalized spacial score (nSPS) is 0. The maximum absolute atomic E-state index is 0. The first kappa shape index (κ1) is 503. The summed E-state index contributed by atoms with van der Waals surface area (Å²) in [7, 11) is 0. The van der Waals surface area contributed by atoms with Crippen LogP contribution in [0.4, 0.5) is 0 Å². The van der Waals surface area contributed by atoms with Crippen molar-refractivity contribution in [1.82, 2.24) is 0 Å². The maximum Gasteiger partial charge on any atom is 2.00 e. The zero-order chi connectivity index (χ0) is 0. The van der Waals surface area contributed by atoms with E-state index in [4.69, 9.17) is 0 Å². The minimum Gasteiger partial charge on any atom is -1.00 e. The molecule has 0 rings (SSSR count). The molecule has 8 N–H and O–H groups in total. The quantitative estimate of drug-likeness (QED) is 0.314. The second-order valence-electron chi connectivity index (χ2n) is 0. The smallest absolute Gasteiger partial charge is 1.00 e. The van der Waals surface area contributed by atoms with E-state index in [0.29, 0.717) is 0 Å². The standard InChI is InChI=1S/ClH.Mn.4H2O/h1H;;4*1H2/q;+2;;;;/p-1. The average molecular weight is 162 g/mol. The van der Waals surface area contributed by atoms with Crippen molar-refractivity contribution < 1.29 is 51.4 Å². The molecule has 0 aromatic carbocycles. The molecule has 1 radical (unpaired) electrons. The zero-order valence-electron chi connectivity index (χ0n) is 2.76. The largest absolute Gasteiger partial charge is 2.00 e. The molecule has 4 nitrogen and oxygen atoms in total. The summed E-state index contributed by atoms with van der Waals surface area (Å²) in [4.78, 5) is 0. The number of hydrogen-bond acceptors (Lipinski definition) is 0. The molecule has 0 spiro atoms. The zero-order valence-corrected chi connectivity index (χ0v) is 4.69. The molecular formula is H8ClMnO4+. The van der Waals surface area contributed by atoms with Crippen molar-refractivity contribution in [2.45, 2.75) is 0 Å². The second kappa shape index (κ2) is 290. The molecule has 45 valence electrons. The predicted octanol–water partition coefficient (Wildman–Crippen LogP) is -6.30. The van der Waals surface area contributed by atoms with Crippen molar-refractivity contribution in [2.24, 2.45) is 0 Å². The van der Waals surface area contributed by atoms with Gasteiger partial charge in [-0.1, -0.05) is 0 Å². The van der Waals surface area contributed by atoms with Gasteiger partial charge in [0.25, 0.3) is 0 Å². The van der Waals surface area contributed by atoms with Gasteiger partial charge in [-0.15, -0.1) is 0 Å². The molecule has 0 amide bonds. The van der Waals surface area contributed by atoms with Gasteiger partial charge in [-0.3, -0.25) is 0 Å². The van der Waals surface area contributed by atoms with E-state index in [0.717, 1.165) is 0 Å². The Hall–Kier alpha value is 0.649. The Morgan fingerprint density at radius 1 is 0.500 bits per heavy atom. The van der Waals surface area contributed by atoms with E-state index in [-0.39, 0.29) is 51.4 Å². The Balaban J connectivity index is 0. The molecule has 0 unspecified atom stereocenters. The van der Waals surface area contributed by atoms with Crippen LogP contribution in [0.3, 0.4) is 0 Å². The maximum atomic E-state index is 0. The van der Waals surface area contributed by atoms with Gasteiger partial charge < -0.3 is 34.3 Å². The summed E-state index contributed by atoms with van der Waals surface area (Å²) in [5, 5.41) is 0. The third-order valence-electron chi connectivity index (χ3n) is 0. The molecule has 0 aromatic heterocycles. The van der Waals surface area contributed by atoms with Crippen LogP contribution in [0.15, 0.2) is 0 Å². The van der Waals surface area contributed by atoms with Crippen molar-refractivity contribution in [2.75, 3.05) is 0 Å². The van der Waals surface area contributed by atoms with E-state index in [1.54, 1.807) is 0 Å². The monoisotopic (exact) mass is 162 g/mol. The molecule has 0 fully saturated rings. The van der Waals surface area contributed by atoms with E-state index in [9.17, 15) is 0 Å². The molecule has 0 heterocycles. The molecule has 0 atom stereocenters. The minimum absolute atomic E-state index is 0. The molecular weight excluding hydrogens is 154 g/mol. The Morgan fingerprint density at radius 2 is 0.500 bits per heavy atom. The summed E-state index contributed by atoms with van der Waals surface area (Å²) in [5.41, 5.74) is 0. The van der Waals surface area contributed by atoms with Gasteiger partial charge in [-0.2, -0.15) is 0 Å². The van der Waals surface area contributed by atoms with Crippen molar-refractivity contribution in [3.05, 3.63) is 0 Å². The Morgan fingerprint density at radius 3 is 0.500 bits per heavy atom. The first-order chi connectivity index (χ1) is 0. The van der Waals surface area contributed by atoms with E-state index in [1.807, 2.05) is 0 Å². The van der Waals surface area contributed by atoms with E-state index in [1.165, 1.54) is 0 Å². The average Bonchev–Trinajstić information content (AvgIpc) is 0. The van der Waals surface area contributed by atoms with Crippen LogP contribution in [0.25, 0.3) is 0 Å². The minimum atomic E-state index is 0. The van der Waals surface area contributed by atoms with Crippen molar-refractivity contribution in [1.29, 1.82) is 0 Å². The summed E-state index contributed by atoms with van der Waals surface area (Å²) in [5.74, 6) is 0. The summed E-state index contributed by atoms with van der Waals surface area (Å²) < 4.78 is 0. The van der Waals surface area contributed by atoms with Gasteiger partial charge in [-0.25, -0.2) is 0 Å². The Kier molecular flexibility index (Phi) is 24300. The molecule has 0 aliphatic heterocycles. The van der Waals surface area contributed by atoms with Crippen molar-refractivity contribution in [3.8, 4) is 0 Å². The summed E-state index contributed by atoms with van der Waals surface area (Å²) in [6, 6.07) is 0. The summed E-state index contributed by atoms with van der Waals surface area (Å²) in [6.07, 6.45) is 0. The molecule has 6 heteroatoms. The van der Waals surface area contributed by atoms with E-state index in [2.05, 4.69) is 0 Å². The van der Waals surface area contributed by atoms with Crippen molar-refractivity contribution >= 4 is 0 Å². The van der Waals surface area contributed by atoms with Crippen LogP contribution in [0.5, 0.6) is 0 Å². The van der Waals surface area contributed by atoms with Crippen LogP contribution in [0.1, 0.15) is 0 Å². The Bertz CT molecular complexity index is 7.51. The first-order valence-corrected chi connectivity index (χ1v) is 0. The predicted molar refractivity (Wildman–Crippen MR) is 14.5 cm³/mol. The van der Waals surface area contributed by atoms with Crippen LogP contribution in [0.2, 0.25) is 0 Å². The van der Waals surface area contributed by atoms with E-state index < -0.39 is 0 Å². The summed E-state index contributed by atoms with van der Waals surface area (Å²) in [6.45, 7) is 0. The first-order valence-electron chi connectivity index (χ1n) is 0. The number of rotatable bonds is 0. The summed E-state index contributed by atoms with van der Waals surface area (Å²) >= 11 is 0. The van der Waals surface area contributed by atoms with Crippen LogP contribution in [-0.2, 0) is 17.1 Å².